The van der Waals surface area contributed by atoms with Crippen LogP contribution < -0.4 is 10.2 Å². The lowest BCUT2D eigenvalue weighted by molar-refractivity contribution is 0.0885. The SMILES string of the molecule is O=C1c2c3ccc(NCCO)c2C(=O)N(c2ccc(Br)cc2)C1C=C3. The molecule has 0 radical (unpaired) electrons. The molecule has 2 aromatic carbocycles. The Hall–Kier alpha value is -2.44. The lowest BCUT2D eigenvalue weighted by atomic mass is 9.83. The molecule has 2 bridgehead atoms. The number of carbonyl (C=O) groups excluding carboxylic acids is 2. The monoisotopic (exact) mass is 398 g/mol. The van der Waals surface area contributed by atoms with Crippen LogP contribution in [0, 0.1) is 0 Å². The number of carbonyl (C=O) groups is 2. The molecule has 2 N–H and O–H groups in total. The Morgan fingerprint density at radius 2 is 1.84 bits per heavy atom. The number of nitrogens with zero attached hydrogens (tertiary/aromatic N) is 1. The minimum atomic E-state index is -0.623. The van der Waals surface area contributed by atoms with E-state index < -0.39 is 6.04 Å². The number of hydrogen-bond acceptors (Lipinski definition) is 4. The van der Waals surface area contributed by atoms with Gasteiger partial charge in [-0.05, 0) is 35.9 Å². The van der Waals surface area contributed by atoms with E-state index in [-0.39, 0.29) is 18.3 Å². The number of aliphatic hydroxyl groups excluding tert-OH is 1. The lowest BCUT2D eigenvalue weighted by Gasteiger charge is -2.37. The quantitative estimate of drug-likeness (QED) is 0.829. The van der Waals surface area contributed by atoms with Crippen molar-refractivity contribution in [3.05, 3.63) is 63.6 Å². The van der Waals surface area contributed by atoms with Crippen LogP contribution in [0.25, 0.3) is 6.08 Å². The number of hydrogen-bond donors (Lipinski definition) is 2. The van der Waals surface area contributed by atoms with Crippen molar-refractivity contribution >= 4 is 45.1 Å². The Labute approximate surface area is 153 Å². The number of benzene rings is 2. The fourth-order valence-corrected chi connectivity index (χ4v) is 3.61. The molecule has 2 aromatic rings. The molecule has 126 valence electrons. The van der Waals surface area contributed by atoms with Gasteiger partial charge in [-0.25, -0.2) is 0 Å². The number of aliphatic hydroxyl groups is 1. The number of nitrogens with one attached hydrogen (secondary N) is 1. The average molecular weight is 399 g/mol. The highest BCUT2D eigenvalue weighted by atomic mass is 79.9. The molecular weight excluding hydrogens is 384 g/mol. The number of rotatable bonds is 4. The van der Waals surface area contributed by atoms with Crippen molar-refractivity contribution < 1.29 is 14.7 Å². The van der Waals surface area contributed by atoms with E-state index in [4.69, 9.17) is 5.11 Å². The van der Waals surface area contributed by atoms with Crippen LogP contribution in [-0.4, -0.2) is 36.0 Å². The van der Waals surface area contributed by atoms with Crippen molar-refractivity contribution in [3.8, 4) is 0 Å². The average Bonchev–Trinajstić information content (AvgIpc) is 2.62. The summed E-state index contributed by atoms with van der Waals surface area (Å²) in [5.41, 5.74) is 2.84. The van der Waals surface area contributed by atoms with Gasteiger partial charge in [0.15, 0.2) is 5.78 Å². The maximum absolute atomic E-state index is 13.3. The Bertz CT molecular complexity index is 906. The zero-order chi connectivity index (χ0) is 17.6. The van der Waals surface area contributed by atoms with Crippen molar-refractivity contribution in [3.63, 3.8) is 0 Å². The third kappa shape index (κ3) is 2.49. The third-order valence-electron chi connectivity index (χ3n) is 4.45. The molecule has 5 nitrogen and oxygen atoms in total. The van der Waals surface area contributed by atoms with Gasteiger partial charge in [0.1, 0.15) is 6.04 Å². The summed E-state index contributed by atoms with van der Waals surface area (Å²) < 4.78 is 0.902. The molecule has 0 aromatic heterocycles. The number of ketones is 1. The zero-order valence-electron chi connectivity index (χ0n) is 13.2. The standard InChI is InChI=1S/C19H15BrN2O3/c20-12-3-5-13(6-4-12)22-15-8-2-11-1-7-14(21-9-10-23)17(19(22)25)16(11)18(15)24/h1-8,15,21,23H,9-10H2. The van der Waals surface area contributed by atoms with Crippen LogP contribution in [0.3, 0.4) is 0 Å². The first-order valence-electron chi connectivity index (χ1n) is 7.95. The first kappa shape index (κ1) is 16.1. The molecule has 0 saturated carbocycles. The summed E-state index contributed by atoms with van der Waals surface area (Å²) >= 11 is 3.39. The number of anilines is 2. The molecule has 0 saturated heterocycles. The Kier molecular flexibility index (Phi) is 3.94. The summed E-state index contributed by atoms with van der Waals surface area (Å²) in [6, 6.07) is 10.3. The lowest BCUT2D eigenvalue weighted by Crippen LogP contribution is -2.50. The van der Waals surface area contributed by atoms with Gasteiger partial charge in [-0.1, -0.05) is 34.1 Å². The molecule has 6 heteroatoms. The predicted molar refractivity (Wildman–Crippen MR) is 100 cm³/mol. The maximum Gasteiger partial charge on any atom is 0.262 e. The highest BCUT2D eigenvalue weighted by Gasteiger charge is 2.42. The van der Waals surface area contributed by atoms with E-state index in [0.29, 0.717) is 29.0 Å². The van der Waals surface area contributed by atoms with Crippen LogP contribution in [0.15, 0.2) is 46.9 Å². The molecule has 0 spiro atoms. The number of Topliss-reactive ketones (excluding diaryl/α,β-unsaturated/α-hetero) is 1. The second-order valence-electron chi connectivity index (χ2n) is 5.92. The summed E-state index contributed by atoms with van der Waals surface area (Å²) in [6.07, 6.45) is 3.66. The summed E-state index contributed by atoms with van der Waals surface area (Å²) in [4.78, 5) is 27.8. The number of amides is 1. The molecule has 2 aliphatic rings. The molecule has 1 aliphatic heterocycles. The van der Waals surface area contributed by atoms with Gasteiger partial charge in [-0.2, -0.15) is 0 Å². The maximum atomic E-state index is 13.3. The van der Waals surface area contributed by atoms with Gasteiger partial charge in [-0.15, -0.1) is 0 Å². The van der Waals surface area contributed by atoms with E-state index in [0.717, 1.165) is 10.0 Å². The zero-order valence-corrected chi connectivity index (χ0v) is 14.8. The summed E-state index contributed by atoms with van der Waals surface area (Å²) in [5.74, 6) is -0.295. The molecule has 1 heterocycles. The second kappa shape index (κ2) is 6.13. The third-order valence-corrected chi connectivity index (χ3v) is 4.98. The normalized spacial score (nSPS) is 17.8. The fourth-order valence-electron chi connectivity index (χ4n) is 3.34. The van der Waals surface area contributed by atoms with Gasteiger partial charge >= 0.3 is 0 Å². The Morgan fingerprint density at radius 3 is 2.56 bits per heavy atom. The minimum Gasteiger partial charge on any atom is -0.395 e. The highest BCUT2D eigenvalue weighted by Crippen LogP contribution is 2.38. The van der Waals surface area contributed by atoms with Crippen LogP contribution in [0.4, 0.5) is 11.4 Å². The largest absolute Gasteiger partial charge is 0.395 e. The summed E-state index contributed by atoms with van der Waals surface area (Å²) in [6.45, 7) is 0.252. The van der Waals surface area contributed by atoms with Crippen molar-refractivity contribution in [2.24, 2.45) is 0 Å². The van der Waals surface area contributed by atoms with Crippen LogP contribution >= 0.6 is 15.9 Å². The van der Waals surface area contributed by atoms with Gasteiger partial charge < -0.3 is 10.4 Å². The first-order valence-corrected chi connectivity index (χ1v) is 8.74. The molecule has 1 atom stereocenters. The van der Waals surface area contributed by atoms with Crippen LogP contribution in [0.1, 0.15) is 26.3 Å². The minimum absolute atomic E-state index is 0.0579. The van der Waals surface area contributed by atoms with E-state index in [9.17, 15) is 9.59 Å². The van der Waals surface area contributed by atoms with Gasteiger partial charge in [0.2, 0.25) is 0 Å². The topological polar surface area (TPSA) is 69.6 Å². The molecule has 0 fully saturated rings. The van der Waals surface area contributed by atoms with Crippen molar-refractivity contribution in [2.75, 3.05) is 23.4 Å². The van der Waals surface area contributed by atoms with Crippen molar-refractivity contribution in [1.29, 1.82) is 0 Å². The molecule has 25 heavy (non-hydrogen) atoms. The predicted octanol–water partition coefficient (Wildman–Crippen LogP) is 3.09. The van der Waals surface area contributed by atoms with E-state index >= 15 is 0 Å². The number of halogens is 1. The van der Waals surface area contributed by atoms with Gasteiger partial charge in [0, 0.05) is 28.0 Å². The first-order chi connectivity index (χ1) is 12.1. The van der Waals surface area contributed by atoms with Crippen LogP contribution in [0.5, 0.6) is 0 Å². The molecular formula is C19H15BrN2O3. The molecule has 1 amide bonds. The van der Waals surface area contributed by atoms with E-state index in [2.05, 4.69) is 21.2 Å². The fraction of sp³-hybridized carbons (Fsp3) is 0.158. The summed E-state index contributed by atoms with van der Waals surface area (Å²) in [5, 5.41) is 12.1. The smallest absolute Gasteiger partial charge is 0.262 e. The van der Waals surface area contributed by atoms with Crippen LogP contribution in [-0.2, 0) is 0 Å². The van der Waals surface area contributed by atoms with E-state index in [1.54, 1.807) is 12.1 Å². The highest BCUT2D eigenvalue weighted by molar-refractivity contribution is 9.10. The Morgan fingerprint density at radius 1 is 1.08 bits per heavy atom. The van der Waals surface area contributed by atoms with Gasteiger partial charge in [0.05, 0.1) is 12.2 Å². The molecule has 1 unspecified atom stereocenters. The molecule has 4 rings (SSSR count). The van der Waals surface area contributed by atoms with E-state index in [1.165, 1.54) is 4.90 Å². The Balaban J connectivity index is 1.89. The van der Waals surface area contributed by atoms with Crippen molar-refractivity contribution in [2.45, 2.75) is 6.04 Å². The molecule has 1 aliphatic carbocycles. The number of fused-ring (bicyclic) bond motifs is 1. The van der Waals surface area contributed by atoms with Crippen molar-refractivity contribution in [1.82, 2.24) is 0 Å². The van der Waals surface area contributed by atoms with Crippen LogP contribution in [0.2, 0.25) is 0 Å². The van der Waals surface area contributed by atoms with E-state index in [1.807, 2.05) is 36.4 Å². The van der Waals surface area contributed by atoms with Gasteiger partial charge in [0.25, 0.3) is 5.91 Å². The van der Waals surface area contributed by atoms with Gasteiger partial charge in [-0.3, -0.25) is 14.5 Å². The summed E-state index contributed by atoms with van der Waals surface area (Å²) in [7, 11) is 0. The second-order valence-corrected chi connectivity index (χ2v) is 6.84.